The summed E-state index contributed by atoms with van der Waals surface area (Å²) < 4.78 is 5.72. The molecule has 1 heterocycles. The zero-order chi connectivity index (χ0) is 22.3. The Labute approximate surface area is 187 Å². The highest BCUT2D eigenvalue weighted by molar-refractivity contribution is 6.04. The number of carbonyl (C=O) groups is 2. The van der Waals surface area contributed by atoms with E-state index in [0.29, 0.717) is 22.9 Å². The van der Waals surface area contributed by atoms with Crippen LogP contribution in [-0.2, 0) is 6.61 Å². The van der Waals surface area contributed by atoms with Crippen LogP contribution in [0.4, 0.5) is 5.69 Å². The molecule has 4 rings (SSSR count). The molecule has 1 aliphatic carbocycles. The second-order valence-electron chi connectivity index (χ2n) is 8.17. The molecule has 1 saturated carbocycles. The number of aromatic nitrogens is 1. The first-order valence-corrected chi connectivity index (χ1v) is 11.0. The van der Waals surface area contributed by atoms with Gasteiger partial charge in [0.1, 0.15) is 12.4 Å². The van der Waals surface area contributed by atoms with E-state index in [0.717, 1.165) is 5.56 Å². The van der Waals surface area contributed by atoms with Crippen molar-refractivity contribution in [3.8, 4) is 5.75 Å². The number of nitrogens with one attached hydrogen (secondary N) is 1. The van der Waals surface area contributed by atoms with E-state index in [4.69, 9.17) is 10.5 Å². The highest BCUT2D eigenvalue weighted by Crippen LogP contribution is 2.32. The standard InChI is InChI=1S/C26H27N3O3/c27-25(30)22-14-24(16-28-15-22)32-17-18-5-4-8-23(13-18)29-26(31)21-11-9-20(10-12-21)19-6-2-1-3-7-19/h4-5,8-16,19H,1-3,6-7,17H2,(H2,27,30)(H,29,31). The van der Waals surface area contributed by atoms with Crippen LogP contribution in [0, 0.1) is 0 Å². The molecule has 0 atom stereocenters. The second kappa shape index (κ2) is 10.1. The van der Waals surface area contributed by atoms with Gasteiger partial charge in [-0.15, -0.1) is 0 Å². The van der Waals surface area contributed by atoms with Gasteiger partial charge >= 0.3 is 0 Å². The molecule has 32 heavy (non-hydrogen) atoms. The lowest BCUT2D eigenvalue weighted by atomic mass is 9.84. The zero-order valence-electron chi connectivity index (χ0n) is 17.9. The van der Waals surface area contributed by atoms with Gasteiger partial charge in [-0.05, 0) is 60.2 Å². The molecule has 164 valence electrons. The molecule has 0 spiro atoms. The molecule has 0 saturated heterocycles. The average molecular weight is 430 g/mol. The van der Waals surface area contributed by atoms with Gasteiger partial charge in [0, 0.05) is 17.4 Å². The molecule has 0 unspecified atom stereocenters. The number of anilines is 1. The van der Waals surface area contributed by atoms with Crippen LogP contribution in [0.5, 0.6) is 5.75 Å². The van der Waals surface area contributed by atoms with Crippen molar-refractivity contribution in [1.82, 2.24) is 4.98 Å². The Kier molecular flexibility index (Phi) is 6.80. The van der Waals surface area contributed by atoms with Crippen LogP contribution in [0.15, 0.2) is 67.0 Å². The Balaban J connectivity index is 1.36. The maximum absolute atomic E-state index is 12.7. The quantitative estimate of drug-likeness (QED) is 0.549. The molecule has 1 aliphatic rings. The van der Waals surface area contributed by atoms with Crippen molar-refractivity contribution in [2.24, 2.45) is 5.73 Å². The van der Waals surface area contributed by atoms with E-state index >= 15 is 0 Å². The van der Waals surface area contributed by atoms with E-state index in [1.54, 1.807) is 6.07 Å². The molecule has 0 radical (unpaired) electrons. The van der Waals surface area contributed by atoms with Crippen LogP contribution in [-0.4, -0.2) is 16.8 Å². The van der Waals surface area contributed by atoms with E-state index in [2.05, 4.69) is 22.4 Å². The summed E-state index contributed by atoms with van der Waals surface area (Å²) in [6.07, 6.45) is 9.31. The Morgan fingerprint density at radius 2 is 1.75 bits per heavy atom. The van der Waals surface area contributed by atoms with Crippen molar-refractivity contribution in [3.63, 3.8) is 0 Å². The maximum Gasteiger partial charge on any atom is 0.255 e. The fourth-order valence-corrected chi connectivity index (χ4v) is 4.08. The molecule has 0 aliphatic heterocycles. The van der Waals surface area contributed by atoms with Crippen LogP contribution in [0.2, 0.25) is 0 Å². The number of hydrogen-bond acceptors (Lipinski definition) is 4. The van der Waals surface area contributed by atoms with Gasteiger partial charge in [-0.3, -0.25) is 14.6 Å². The number of nitrogens with two attached hydrogens (primary N) is 1. The molecular weight excluding hydrogens is 402 g/mol. The van der Waals surface area contributed by atoms with E-state index < -0.39 is 5.91 Å². The summed E-state index contributed by atoms with van der Waals surface area (Å²) in [6, 6.07) is 17.0. The summed E-state index contributed by atoms with van der Waals surface area (Å²) >= 11 is 0. The smallest absolute Gasteiger partial charge is 0.255 e. The molecule has 3 aromatic rings. The van der Waals surface area contributed by atoms with Gasteiger partial charge in [0.15, 0.2) is 0 Å². The van der Waals surface area contributed by atoms with Gasteiger partial charge in [0.2, 0.25) is 5.91 Å². The number of benzene rings is 2. The number of pyridine rings is 1. The van der Waals surface area contributed by atoms with Crippen molar-refractivity contribution >= 4 is 17.5 Å². The largest absolute Gasteiger partial charge is 0.487 e. The average Bonchev–Trinajstić information content (AvgIpc) is 2.84. The molecule has 1 aromatic heterocycles. The summed E-state index contributed by atoms with van der Waals surface area (Å²) in [5.74, 6) is 0.376. The minimum absolute atomic E-state index is 0.142. The third kappa shape index (κ3) is 5.52. The molecule has 0 bridgehead atoms. The summed E-state index contributed by atoms with van der Waals surface area (Å²) in [6.45, 7) is 0.268. The minimum atomic E-state index is -0.556. The molecule has 2 aromatic carbocycles. The normalized spacial score (nSPS) is 14.0. The number of rotatable bonds is 7. The van der Waals surface area contributed by atoms with Crippen molar-refractivity contribution in [2.75, 3.05) is 5.32 Å². The SMILES string of the molecule is NC(=O)c1cncc(OCc2cccc(NC(=O)c3ccc(C4CCCCC4)cc3)c2)c1. The third-order valence-electron chi connectivity index (χ3n) is 5.84. The van der Waals surface area contributed by atoms with Crippen LogP contribution in [0.3, 0.4) is 0 Å². The first-order chi connectivity index (χ1) is 15.6. The number of ether oxygens (including phenoxy) is 1. The van der Waals surface area contributed by atoms with Gasteiger partial charge in [-0.1, -0.05) is 43.5 Å². The highest BCUT2D eigenvalue weighted by atomic mass is 16.5. The maximum atomic E-state index is 12.7. The second-order valence-corrected chi connectivity index (χ2v) is 8.17. The fourth-order valence-electron chi connectivity index (χ4n) is 4.08. The Morgan fingerprint density at radius 1 is 0.969 bits per heavy atom. The molecular formula is C26H27N3O3. The van der Waals surface area contributed by atoms with Gasteiger partial charge in [0.25, 0.3) is 5.91 Å². The van der Waals surface area contributed by atoms with Crippen LogP contribution < -0.4 is 15.8 Å². The summed E-state index contributed by atoms with van der Waals surface area (Å²) in [5.41, 5.74) is 9.10. The van der Waals surface area contributed by atoms with Crippen LogP contribution in [0.25, 0.3) is 0 Å². The topological polar surface area (TPSA) is 94.3 Å². The van der Waals surface area contributed by atoms with Crippen molar-refractivity contribution in [1.29, 1.82) is 0 Å². The number of nitrogens with zero attached hydrogens (tertiary/aromatic N) is 1. The van der Waals surface area contributed by atoms with Gasteiger partial charge < -0.3 is 15.8 Å². The lowest BCUT2D eigenvalue weighted by molar-refractivity contribution is 0.0997. The first-order valence-electron chi connectivity index (χ1n) is 11.0. The number of carbonyl (C=O) groups excluding carboxylic acids is 2. The molecule has 2 amide bonds. The monoisotopic (exact) mass is 429 g/mol. The Bertz CT molecular complexity index is 1090. The highest BCUT2D eigenvalue weighted by Gasteiger charge is 2.16. The van der Waals surface area contributed by atoms with Gasteiger partial charge in [0.05, 0.1) is 11.8 Å². The van der Waals surface area contributed by atoms with E-state index in [-0.39, 0.29) is 18.1 Å². The minimum Gasteiger partial charge on any atom is -0.487 e. The zero-order valence-corrected chi connectivity index (χ0v) is 17.9. The van der Waals surface area contributed by atoms with Crippen molar-refractivity contribution in [3.05, 3.63) is 89.2 Å². The number of primary amides is 1. The van der Waals surface area contributed by atoms with Crippen LogP contribution >= 0.6 is 0 Å². The van der Waals surface area contributed by atoms with Crippen molar-refractivity contribution in [2.45, 2.75) is 44.6 Å². The summed E-state index contributed by atoms with van der Waals surface area (Å²) in [5, 5.41) is 2.95. The Hall–Kier alpha value is -3.67. The van der Waals surface area contributed by atoms with Crippen LogP contribution in [0.1, 0.15) is 69.9 Å². The molecule has 6 heteroatoms. The lowest BCUT2D eigenvalue weighted by Gasteiger charge is -2.22. The number of hydrogen-bond donors (Lipinski definition) is 2. The van der Waals surface area contributed by atoms with Gasteiger partial charge in [-0.2, -0.15) is 0 Å². The van der Waals surface area contributed by atoms with E-state index in [9.17, 15) is 9.59 Å². The van der Waals surface area contributed by atoms with Gasteiger partial charge in [-0.25, -0.2) is 0 Å². The third-order valence-corrected chi connectivity index (χ3v) is 5.84. The predicted molar refractivity (Wildman–Crippen MR) is 124 cm³/mol. The summed E-state index contributed by atoms with van der Waals surface area (Å²) in [7, 11) is 0. The Morgan fingerprint density at radius 3 is 2.50 bits per heavy atom. The van der Waals surface area contributed by atoms with E-state index in [1.807, 2.05) is 36.4 Å². The first kappa shape index (κ1) is 21.6. The number of amides is 2. The fraction of sp³-hybridized carbons (Fsp3) is 0.269. The van der Waals surface area contributed by atoms with Crippen molar-refractivity contribution < 1.29 is 14.3 Å². The predicted octanol–water partition coefficient (Wildman–Crippen LogP) is 5.06. The molecule has 3 N–H and O–H groups in total. The lowest BCUT2D eigenvalue weighted by Crippen LogP contribution is -2.13. The summed E-state index contributed by atoms with van der Waals surface area (Å²) in [4.78, 5) is 27.9. The molecule has 1 fully saturated rings. The molecule has 6 nitrogen and oxygen atoms in total. The van der Waals surface area contributed by atoms with E-state index in [1.165, 1.54) is 50.1 Å².